The Bertz CT molecular complexity index is 931. The zero-order valence-corrected chi connectivity index (χ0v) is 14.8. The van der Waals surface area contributed by atoms with Gasteiger partial charge in [-0.05, 0) is 31.9 Å². The van der Waals surface area contributed by atoms with E-state index >= 15 is 0 Å². The fourth-order valence-electron chi connectivity index (χ4n) is 3.72. The van der Waals surface area contributed by atoms with E-state index in [1.165, 1.54) is 12.3 Å². The van der Waals surface area contributed by atoms with Crippen molar-refractivity contribution in [2.24, 2.45) is 0 Å². The van der Waals surface area contributed by atoms with Crippen molar-refractivity contribution >= 4 is 12.0 Å². The lowest BCUT2D eigenvalue weighted by atomic mass is 9.91. The summed E-state index contributed by atoms with van der Waals surface area (Å²) in [6, 6.07) is 9.46. The molecule has 1 fully saturated rings. The van der Waals surface area contributed by atoms with Gasteiger partial charge in [0.25, 0.3) is 5.91 Å². The number of carbonyl (C=O) groups is 1. The summed E-state index contributed by atoms with van der Waals surface area (Å²) >= 11 is 0. The van der Waals surface area contributed by atoms with Crippen molar-refractivity contribution in [2.45, 2.75) is 31.8 Å². The third-order valence-corrected chi connectivity index (χ3v) is 5.21. The largest absolute Gasteiger partial charge is 0.483 e. The predicted molar refractivity (Wildman–Crippen MR) is 100 cm³/mol. The number of rotatable bonds is 1. The van der Waals surface area contributed by atoms with E-state index in [-0.39, 0.29) is 22.5 Å². The fraction of sp³-hybridized carbons (Fsp3) is 0.333. The second-order valence-electron chi connectivity index (χ2n) is 7.08. The van der Waals surface area contributed by atoms with Gasteiger partial charge in [0.05, 0.1) is 0 Å². The first-order valence-electron chi connectivity index (χ1n) is 9.02. The van der Waals surface area contributed by atoms with Crippen LogP contribution in [0.1, 0.15) is 40.9 Å². The van der Waals surface area contributed by atoms with Crippen molar-refractivity contribution in [3.63, 3.8) is 0 Å². The molecule has 5 heteroatoms. The Hall–Kier alpha value is -2.82. The van der Waals surface area contributed by atoms with Gasteiger partial charge in [0.1, 0.15) is 16.9 Å². The molecule has 1 amide bonds. The van der Waals surface area contributed by atoms with Crippen LogP contribution in [0.3, 0.4) is 0 Å². The molecule has 134 valence electrons. The van der Waals surface area contributed by atoms with Crippen molar-refractivity contribution in [3.05, 3.63) is 69.6 Å². The topological polar surface area (TPSA) is 62.4 Å². The molecule has 3 heterocycles. The number of H-pyrrole nitrogens is 1. The van der Waals surface area contributed by atoms with Crippen molar-refractivity contribution in [2.75, 3.05) is 13.1 Å². The molecule has 2 aliphatic heterocycles. The molecule has 1 spiro atoms. The minimum absolute atomic E-state index is 0.205. The number of likely N-dealkylation sites (tertiary alicyclic amines) is 1. The van der Waals surface area contributed by atoms with Crippen LogP contribution in [0.15, 0.2) is 47.4 Å². The molecule has 2 aromatic rings. The summed E-state index contributed by atoms with van der Waals surface area (Å²) in [4.78, 5) is 29.7. The van der Waals surface area contributed by atoms with Crippen LogP contribution in [-0.4, -0.2) is 34.5 Å². The van der Waals surface area contributed by atoms with Gasteiger partial charge in [0.2, 0.25) is 0 Å². The van der Waals surface area contributed by atoms with E-state index in [0.29, 0.717) is 19.5 Å². The lowest BCUT2D eigenvalue weighted by Gasteiger charge is -2.34. The maximum absolute atomic E-state index is 12.8. The number of nitrogens with one attached hydrogen (secondary N) is 1. The average molecular weight is 350 g/mol. The smallest absolute Gasteiger partial charge is 0.259 e. The monoisotopic (exact) mass is 350 g/mol. The molecule has 1 aromatic carbocycles. The molecule has 1 atom stereocenters. The fourth-order valence-corrected chi connectivity index (χ4v) is 3.72. The molecule has 2 aliphatic rings. The Morgan fingerprint density at radius 1 is 1.23 bits per heavy atom. The number of ether oxygens (including phenoxy) is 1. The van der Waals surface area contributed by atoms with Crippen LogP contribution < -0.4 is 10.2 Å². The first-order valence-corrected chi connectivity index (χ1v) is 9.02. The van der Waals surface area contributed by atoms with E-state index in [9.17, 15) is 9.59 Å². The zero-order chi connectivity index (χ0) is 18.1. The molecule has 0 aliphatic carbocycles. The number of benzene rings is 1. The van der Waals surface area contributed by atoms with Gasteiger partial charge >= 0.3 is 0 Å². The minimum atomic E-state index is -0.372. The summed E-state index contributed by atoms with van der Waals surface area (Å²) in [7, 11) is 0. The summed E-state index contributed by atoms with van der Waals surface area (Å²) in [6.45, 7) is 3.00. The predicted octanol–water partition coefficient (Wildman–Crippen LogP) is 3.15. The summed E-state index contributed by atoms with van der Waals surface area (Å²) in [5.74, 6) is 0.688. The molecule has 0 unspecified atom stereocenters. The van der Waals surface area contributed by atoms with Crippen molar-refractivity contribution in [1.82, 2.24) is 9.88 Å². The Labute approximate surface area is 152 Å². The average Bonchev–Trinajstić information content (AvgIpc) is 2.84. The Morgan fingerprint density at radius 3 is 2.92 bits per heavy atom. The summed E-state index contributed by atoms with van der Waals surface area (Å²) in [6.07, 6.45) is 8.16. The van der Waals surface area contributed by atoms with E-state index in [0.717, 1.165) is 29.8 Å². The summed E-state index contributed by atoms with van der Waals surface area (Å²) in [5, 5.41) is 0. The van der Waals surface area contributed by atoms with E-state index < -0.39 is 0 Å². The minimum Gasteiger partial charge on any atom is -0.483 e. The third kappa shape index (κ3) is 3.05. The molecule has 4 rings (SSSR count). The van der Waals surface area contributed by atoms with Crippen LogP contribution in [0.25, 0.3) is 6.08 Å². The van der Waals surface area contributed by atoms with Gasteiger partial charge in [-0.15, -0.1) is 0 Å². The van der Waals surface area contributed by atoms with Crippen LogP contribution in [0.4, 0.5) is 0 Å². The number of aromatic nitrogens is 1. The number of nitrogens with zero attached hydrogens (tertiary/aromatic N) is 1. The highest BCUT2D eigenvalue weighted by Gasteiger charge is 2.36. The SMILES string of the molecule is Cc1cc(=O)c(C(=O)N2CCC[C@]3(C=Cc4ccccc4O3)CC2)c[nH]1. The van der Waals surface area contributed by atoms with Crippen LogP contribution in [-0.2, 0) is 0 Å². The molecule has 0 radical (unpaired) electrons. The number of carbonyl (C=O) groups excluding carboxylic acids is 1. The molecule has 26 heavy (non-hydrogen) atoms. The molecule has 5 nitrogen and oxygen atoms in total. The first kappa shape index (κ1) is 16.6. The number of amides is 1. The van der Waals surface area contributed by atoms with Gasteiger partial charge in [-0.3, -0.25) is 9.59 Å². The number of aryl methyl sites for hydroxylation is 1. The van der Waals surface area contributed by atoms with Gasteiger partial charge < -0.3 is 14.6 Å². The normalized spacial score (nSPS) is 21.8. The summed E-state index contributed by atoms with van der Waals surface area (Å²) in [5.41, 5.74) is 1.44. The highest BCUT2D eigenvalue weighted by Crippen LogP contribution is 2.37. The maximum Gasteiger partial charge on any atom is 0.259 e. The van der Waals surface area contributed by atoms with E-state index in [1.54, 1.807) is 11.8 Å². The number of aromatic amines is 1. The highest BCUT2D eigenvalue weighted by molar-refractivity contribution is 5.93. The van der Waals surface area contributed by atoms with E-state index in [4.69, 9.17) is 4.74 Å². The van der Waals surface area contributed by atoms with Gasteiger partial charge in [-0.25, -0.2) is 0 Å². The number of pyridine rings is 1. The van der Waals surface area contributed by atoms with E-state index in [2.05, 4.69) is 17.1 Å². The first-order chi connectivity index (χ1) is 12.6. The molecule has 1 N–H and O–H groups in total. The molecule has 1 saturated heterocycles. The van der Waals surface area contributed by atoms with Gasteiger partial charge in [0, 0.05) is 43.0 Å². The lowest BCUT2D eigenvalue weighted by Crippen LogP contribution is -2.39. The molecular weight excluding hydrogens is 328 g/mol. The second kappa shape index (κ2) is 6.48. The van der Waals surface area contributed by atoms with Crippen molar-refractivity contribution < 1.29 is 9.53 Å². The van der Waals surface area contributed by atoms with Crippen LogP contribution in [0.2, 0.25) is 0 Å². The Morgan fingerprint density at radius 2 is 2.08 bits per heavy atom. The Kier molecular flexibility index (Phi) is 4.15. The molecular formula is C21H22N2O3. The number of hydrogen-bond acceptors (Lipinski definition) is 3. The van der Waals surface area contributed by atoms with Crippen molar-refractivity contribution in [1.29, 1.82) is 0 Å². The Balaban J connectivity index is 1.52. The summed E-state index contributed by atoms with van der Waals surface area (Å²) < 4.78 is 6.32. The third-order valence-electron chi connectivity index (χ3n) is 5.21. The van der Waals surface area contributed by atoms with Gasteiger partial charge in [-0.1, -0.05) is 24.3 Å². The molecule has 1 aromatic heterocycles. The highest BCUT2D eigenvalue weighted by atomic mass is 16.5. The van der Waals surface area contributed by atoms with Gasteiger partial charge in [0.15, 0.2) is 5.43 Å². The van der Waals surface area contributed by atoms with Crippen molar-refractivity contribution in [3.8, 4) is 5.75 Å². The second-order valence-corrected chi connectivity index (χ2v) is 7.08. The maximum atomic E-state index is 12.8. The lowest BCUT2D eigenvalue weighted by molar-refractivity contribution is 0.0729. The van der Waals surface area contributed by atoms with Gasteiger partial charge in [-0.2, -0.15) is 0 Å². The number of hydrogen-bond donors (Lipinski definition) is 1. The van der Waals surface area contributed by atoms with E-state index in [1.807, 2.05) is 24.3 Å². The zero-order valence-electron chi connectivity index (χ0n) is 14.8. The quantitative estimate of drug-likeness (QED) is 0.859. The van der Waals surface area contributed by atoms with Crippen LogP contribution in [0, 0.1) is 6.92 Å². The van der Waals surface area contributed by atoms with Crippen LogP contribution >= 0.6 is 0 Å². The number of fused-ring (bicyclic) bond motifs is 1. The number of para-hydroxylation sites is 1. The molecule has 0 saturated carbocycles. The molecule has 0 bridgehead atoms. The standard InChI is InChI=1S/C21H22N2O3/c1-15-13-18(24)17(14-22-15)20(25)23-11-4-8-21(10-12-23)9-7-16-5-2-3-6-19(16)26-21/h2-3,5-7,9,13-14H,4,8,10-12H2,1H3,(H,22,24)/t21-/m0/s1. The van der Waals surface area contributed by atoms with Crippen LogP contribution in [0.5, 0.6) is 5.75 Å².